The van der Waals surface area contributed by atoms with E-state index in [4.69, 9.17) is 0 Å². The lowest BCUT2D eigenvalue weighted by Gasteiger charge is -2.09. The third-order valence-electron chi connectivity index (χ3n) is 2.58. The van der Waals surface area contributed by atoms with Gasteiger partial charge in [-0.2, -0.15) is 26.7 Å². The first-order chi connectivity index (χ1) is 10.0. The highest BCUT2D eigenvalue weighted by Crippen LogP contribution is 2.30. The van der Waals surface area contributed by atoms with Gasteiger partial charge >= 0.3 is 6.18 Å². The molecule has 11 heteroatoms. The molecule has 5 nitrogen and oxygen atoms in total. The molecular formula is C11H8BrF4N3O2S. The minimum atomic E-state index is -4.78. The number of sulfonamides is 1. The largest absolute Gasteiger partial charge is 0.435 e. The number of rotatable bonds is 3. The Morgan fingerprint density at radius 2 is 1.91 bits per heavy atom. The third-order valence-corrected chi connectivity index (χ3v) is 4.49. The van der Waals surface area contributed by atoms with Gasteiger partial charge < -0.3 is 0 Å². The smallest absolute Gasteiger partial charge is 0.275 e. The van der Waals surface area contributed by atoms with Gasteiger partial charge in [0.15, 0.2) is 10.7 Å². The number of benzene rings is 1. The third kappa shape index (κ3) is 3.40. The van der Waals surface area contributed by atoms with E-state index >= 15 is 0 Å². The quantitative estimate of drug-likeness (QED) is 0.803. The van der Waals surface area contributed by atoms with Crippen molar-refractivity contribution < 1.29 is 26.0 Å². The molecule has 1 aromatic carbocycles. The molecule has 0 aliphatic heterocycles. The first-order valence-corrected chi connectivity index (χ1v) is 7.87. The van der Waals surface area contributed by atoms with Crippen molar-refractivity contribution in [1.82, 2.24) is 9.78 Å². The second-order valence-electron chi connectivity index (χ2n) is 4.22. The van der Waals surface area contributed by atoms with E-state index in [9.17, 15) is 26.0 Å². The summed E-state index contributed by atoms with van der Waals surface area (Å²) in [7, 11) is -3.38. The molecule has 0 bridgehead atoms. The summed E-state index contributed by atoms with van der Waals surface area (Å²) in [6.45, 7) is 0. The van der Waals surface area contributed by atoms with Crippen LogP contribution in [0.15, 0.2) is 33.8 Å². The van der Waals surface area contributed by atoms with Gasteiger partial charge in [0.05, 0.1) is 5.69 Å². The molecule has 0 amide bonds. The highest BCUT2D eigenvalue weighted by molar-refractivity contribution is 9.10. The summed E-state index contributed by atoms with van der Waals surface area (Å²) in [6, 6.07) is 3.91. The van der Waals surface area contributed by atoms with Crippen LogP contribution in [0.3, 0.4) is 0 Å². The number of nitrogens with one attached hydrogen (secondary N) is 1. The zero-order valence-corrected chi connectivity index (χ0v) is 13.2. The van der Waals surface area contributed by atoms with E-state index in [0.717, 1.165) is 19.2 Å². The number of hydrogen-bond acceptors (Lipinski definition) is 3. The monoisotopic (exact) mass is 401 g/mol. The van der Waals surface area contributed by atoms with Gasteiger partial charge in [-0.05, 0) is 18.2 Å². The summed E-state index contributed by atoms with van der Waals surface area (Å²) in [6.07, 6.45) is -4.78. The van der Waals surface area contributed by atoms with E-state index < -0.39 is 38.4 Å². The number of halogens is 5. The van der Waals surface area contributed by atoms with Crippen LogP contribution in [-0.4, -0.2) is 18.2 Å². The topological polar surface area (TPSA) is 64.0 Å². The molecule has 1 aromatic heterocycles. The van der Waals surface area contributed by atoms with E-state index in [1.54, 1.807) is 0 Å². The molecule has 0 saturated heterocycles. The molecule has 1 N–H and O–H groups in total. The number of nitrogens with zero attached hydrogens (tertiary/aromatic N) is 2. The molecule has 0 radical (unpaired) electrons. The van der Waals surface area contributed by atoms with Gasteiger partial charge in [0, 0.05) is 17.6 Å². The lowest BCUT2D eigenvalue weighted by atomic mass is 10.3. The molecule has 2 aromatic rings. The van der Waals surface area contributed by atoms with Crippen LogP contribution >= 0.6 is 15.9 Å². The fourth-order valence-corrected chi connectivity index (χ4v) is 3.16. The molecule has 22 heavy (non-hydrogen) atoms. The molecular weight excluding hydrogens is 394 g/mol. The lowest BCUT2D eigenvalue weighted by Crippen LogP contribution is -2.17. The van der Waals surface area contributed by atoms with E-state index in [1.165, 1.54) is 6.07 Å². The Hall–Kier alpha value is -1.62. The molecule has 0 atom stereocenters. The fourth-order valence-electron chi connectivity index (χ4n) is 1.61. The number of aromatic nitrogens is 2. The maximum Gasteiger partial charge on any atom is 0.435 e. The van der Waals surface area contributed by atoms with Crippen LogP contribution in [-0.2, 0) is 23.2 Å². The first-order valence-electron chi connectivity index (χ1n) is 5.60. The Balaban J connectivity index is 2.41. The molecule has 0 unspecified atom stereocenters. The average Bonchev–Trinajstić information content (AvgIpc) is 2.75. The van der Waals surface area contributed by atoms with Crippen LogP contribution in [0.25, 0.3) is 0 Å². The normalized spacial score (nSPS) is 12.5. The maximum atomic E-state index is 13.6. The minimum Gasteiger partial charge on any atom is -0.275 e. The minimum absolute atomic E-state index is 0.374. The van der Waals surface area contributed by atoms with Crippen LogP contribution < -0.4 is 4.72 Å². The van der Waals surface area contributed by atoms with Gasteiger partial charge in [-0.25, -0.2) is 4.39 Å². The molecule has 0 spiro atoms. The molecule has 0 aliphatic rings. The Kier molecular flexibility index (Phi) is 4.22. The van der Waals surface area contributed by atoms with Crippen LogP contribution in [0.1, 0.15) is 5.69 Å². The van der Waals surface area contributed by atoms with Crippen molar-refractivity contribution in [3.63, 3.8) is 0 Å². The van der Waals surface area contributed by atoms with Crippen LogP contribution in [0.5, 0.6) is 0 Å². The van der Waals surface area contributed by atoms with Gasteiger partial charge in [0.25, 0.3) is 10.0 Å². The summed E-state index contributed by atoms with van der Waals surface area (Å²) in [5, 5.41) is 2.36. The van der Waals surface area contributed by atoms with Crippen LogP contribution in [0.2, 0.25) is 0 Å². The van der Waals surface area contributed by atoms with Crippen molar-refractivity contribution in [2.45, 2.75) is 11.2 Å². The predicted molar refractivity (Wildman–Crippen MR) is 73.1 cm³/mol. The number of hydrogen-bond donors (Lipinski definition) is 1. The summed E-state index contributed by atoms with van der Waals surface area (Å²) in [4.78, 5) is 0. The van der Waals surface area contributed by atoms with Gasteiger partial charge in [0.2, 0.25) is 0 Å². The zero-order valence-electron chi connectivity index (χ0n) is 10.8. The van der Waals surface area contributed by atoms with E-state index in [1.807, 2.05) is 4.72 Å². The summed E-state index contributed by atoms with van der Waals surface area (Å²) >= 11 is 3.00. The Labute approximate surface area is 131 Å². The second-order valence-corrected chi connectivity index (χ2v) is 6.76. The fraction of sp³-hybridized carbons (Fsp3) is 0.182. The van der Waals surface area contributed by atoms with Gasteiger partial charge in [0.1, 0.15) is 5.82 Å². The van der Waals surface area contributed by atoms with Crippen molar-refractivity contribution in [2.75, 3.05) is 4.72 Å². The molecule has 0 saturated carbocycles. The second kappa shape index (κ2) is 5.54. The summed E-state index contributed by atoms with van der Waals surface area (Å²) in [5.74, 6) is -0.879. The van der Waals surface area contributed by atoms with Gasteiger partial charge in [-0.1, -0.05) is 15.9 Å². The Morgan fingerprint density at radius 1 is 1.27 bits per heavy atom. The number of aryl methyl sites for hydroxylation is 1. The predicted octanol–water partition coefficient (Wildman–Crippen LogP) is 3.14. The van der Waals surface area contributed by atoms with Crippen molar-refractivity contribution in [3.8, 4) is 0 Å². The Morgan fingerprint density at radius 3 is 2.41 bits per heavy atom. The van der Waals surface area contributed by atoms with Crippen LogP contribution in [0.4, 0.5) is 23.2 Å². The van der Waals surface area contributed by atoms with Crippen LogP contribution in [0, 0.1) is 5.82 Å². The van der Waals surface area contributed by atoms with Crippen molar-refractivity contribution in [2.24, 2.45) is 7.05 Å². The van der Waals surface area contributed by atoms with E-state index in [0.29, 0.717) is 15.2 Å². The molecule has 0 aliphatic carbocycles. The molecule has 120 valence electrons. The molecule has 0 fully saturated rings. The SMILES string of the molecule is Cn1nc(C(F)(F)F)cc1S(=O)(=O)Nc1ccc(Br)cc1F. The first kappa shape index (κ1) is 16.7. The molecule has 1 heterocycles. The van der Waals surface area contributed by atoms with Gasteiger partial charge in [-0.15, -0.1) is 0 Å². The number of alkyl halides is 3. The molecule has 2 rings (SSSR count). The highest BCUT2D eigenvalue weighted by atomic mass is 79.9. The number of anilines is 1. The van der Waals surface area contributed by atoms with Crippen molar-refractivity contribution in [1.29, 1.82) is 0 Å². The van der Waals surface area contributed by atoms with Crippen molar-refractivity contribution >= 4 is 31.6 Å². The lowest BCUT2D eigenvalue weighted by molar-refractivity contribution is -0.141. The van der Waals surface area contributed by atoms with E-state index in [2.05, 4.69) is 21.0 Å². The highest BCUT2D eigenvalue weighted by Gasteiger charge is 2.36. The van der Waals surface area contributed by atoms with E-state index in [-0.39, 0.29) is 0 Å². The van der Waals surface area contributed by atoms with Gasteiger partial charge in [-0.3, -0.25) is 9.40 Å². The zero-order chi connectivity index (χ0) is 16.7. The average molecular weight is 402 g/mol. The standard InChI is InChI=1S/C11H8BrF4N3O2S/c1-19-10(5-9(17-19)11(14,15)16)22(20,21)18-8-3-2-6(12)4-7(8)13/h2-5,18H,1H3. The summed E-state index contributed by atoms with van der Waals surface area (Å²) in [5.41, 5.74) is -1.75. The summed E-state index contributed by atoms with van der Waals surface area (Å²) < 4.78 is 78.3. The maximum absolute atomic E-state index is 13.6. The van der Waals surface area contributed by atoms with Crippen molar-refractivity contribution in [3.05, 3.63) is 40.2 Å². The Bertz CT molecular complexity index is 817.